The fraction of sp³-hybridized carbons (Fsp3) is 0.238. The van der Waals surface area contributed by atoms with Gasteiger partial charge in [-0.05, 0) is 30.7 Å². The lowest BCUT2D eigenvalue weighted by atomic mass is 10.3. The second-order valence-electron chi connectivity index (χ2n) is 6.45. The third-order valence-electron chi connectivity index (χ3n) is 4.70. The zero-order chi connectivity index (χ0) is 21.0. The summed E-state index contributed by atoms with van der Waals surface area (Å²) in [7, 11) is -2.71. The molecule has 0 unspecified atom stereocenters. The Morgan fingerprint density at radius 1 is 1.00 bits per heavy atom. The SMILES string of the molecule is CCCCn1c(C=O)ccc1-c1cc(OC)c(C=O)n1S(=O)(=O)c1ccccc1. The van der Waals surface area contributed by atoms with Crippen molar-refractivity contribution in [3.8, 4) is 17.1 Å². The molecule has 3 aromatic rings. The fourth-order valence-corrected chi connectivity index (χ4v) is 4.78. The predicted octanol–water partition coefficient (Wildman–Crippen LogP) is 3.63. The van der Waals surface area contributed by atoms with Gasteiger partial charge in [0.1, 0.15) is 11.4 Å². The first-order valence-corrected chi connectivity index (χ1v) is 10.6. The highest BCUT2D eigenvalue weighted by molar-refractivity contribution is 7.90. The number of hydrogen-bond acceptors (Lipinski definition) is 5. The summed E-state index contributed by atoms with van der Waals surface area (Å²) >= 11 is 0. The maximum atomic E-state index is 13.4. The van der Waals surface area contributed by atoms with Crippen LogP contribution in [0.4, 0.5) is 0 Å². The van der Waals surface area contributed by atoms with Crippen molar-refractivity contribution < 1.29 is 22.7 Å². The Kier molecular flexibility index (Phi) is 6.03. The van der Waals surface area contributed by atoms with Crippen LogP contribution in [0.3, 0.4) is 0 Å². The third-order valence-corrected chi connectivity index (χ3v) is 6.45. The highest BCUT2D eigenvalue weighted by Crippen LogP contribution is 2.34. The Bertz CT molecular complexity index is 1130. The molecule has 0 aliphatic carbocycles. The number of ether oxygens (including phenoxy) is 1. The van der Waals surface area contributed by atoms with E-state index in [0.717, 1.165) is 23.1 Å². The second kappa shape index (κ2) is 8.48. The molecular formula is C21H22N2O5S. The van der Waals surface area contributed by atoms with Crippen LogP contribution in [-0.2, 0) is 16.6 Å². The molecule has 0 aliphatic heterocycles. The monoisotopic (exact) mass is 414 g/mol. The van der Waals surface area contributed by atoms with E-state index in [9.17, 15) is 18.0 Å². The van der Waals surface area contributed by atoms with E-state index < -0.39 is 10.0 Å². The van der Waals surface area contributed by atoms with Crippen molar-refractivity contribution in [1.82, 2.24) is 8.54 Å². The summed E-state index contributed by atoms with van der Waals surface area (Å²) in [5.74, 6) is 0.144. The molecule has 152 valence electrons. The summed E-state index contributed by atoms with van der Waals surface area (Å²) in [4.78, 5) is 23.4. The highest BCUT2D eigenvalue weighted by atomic mass is 32.2. The van der Waals surface area contributed by atoms with Crippen molar-refractivity contribution in [2.45, 2.75) is 31.2 Å². The standard InChI is InChI=1S/C21H22N2O5S/c1-3-4-12-22-16(14-24)10-11-18(22)19-13-21(28-2)20(15-25)23(19)29(26,27)17-8-6-5-7-9-17/h5-11,13-15H,3-4,12H2,1-2H3. The van der Waals surface area contributed by atoms with Gasteiger partial charge < -0.3 is 9.30 Å². The lowest BCUT2D eigenvalue weighted by molar-refractivity contribution is 0.110. The molecule has 2 aromatic heterocycles. The second-order valence-corrected chi connectivity index (χ2v) is 8.24. The fourth-order valence-electron chi connectivity index (χ4n) is 3.27. The molecule has 0 N–H and O–H groups in total. The van der Waals surface area contributed by atoms with Gasteiger partial charge in [-0.3, -0.25) is 9.59 Å². The molecule has 0 saturated carbocycles. The molecule has 0 amide bonds. The molecule has 1 aromatic carbocycles. The molecule has 7 nitrogen and oxygen atoms in total. The number of aldehydes is 2. The van der Waals surface area contributed by atoms with E-state index >= 15 is 0 Å². The van der Waals surface area contributed by atoms with Crippen molar-refractivity contribution in [2.75, 3.05) is 7.11 Å². The van der Waals surface area contributed by atoms with Crippen LogP contribution in [0.5, 0.6) is 5.75 Å². The Labute approximate surface area is 169 Å². The first kappa shape index (κ1) is 20.6. The number of carbonyl (C=O) groups is 2. The van der Waals surface area contributed by atoms with Crippen molar-refractivity contribution in [3.63, 3.8) is 0 Å². The maximum absolute atomic E-state index is 13.4. The van der Waals surface area contributed by atoms with Gasteiger partial charge in [0, 0.05) is 12.6 Å². The molecule has 2 heterocycles. The molecule has 0 spiro atoms. The average molecular weight is 414 g/mol. The third kappa shape index (κ3) is 3.63. The van der Waals surface area contributed by atoms with Crippen LogP contribution in [0, 0.1) is 0 Å². The maximum Gasteiger partial charge on any atom is 0.268 e. The van der Waals surface area contributed by atoms with Crippen LogP contribution < -0.4 is 4.74 Å². The lowest BCUT2D eigenvalue weighted by Gasteiger charge is -2.15. The Hall–Kier alpha value is -3.13. The molecule has 0 radical (unpaired) electrons. The van der Waals surface area contributed by atoms with E-state index in [-0.39, 0.29) is 22.0 Å². The molecule has 0 bridgehead atoms. The number of methoxy groups -OCH3 is 1. The molecule has 0 saturated heterocycles. The molecule has 3 rings (SSSR count). The van der Waals surface area contributed by atoms with Crippen LogP contribution in [0.15, 0.2) is 53.4 Å². The molecule has 0 fully saturated rings. The minimum Gasteiger partial charge on any atom is -0.494 e. The van der Waals surface area contributed by atoms with Crippen LogP contribution in [0.1, 0.15) is 40.7 Å². The largest absolute Gasteiger partial charge is 0.494 e. The van der Waals surface area contributed by atoms with Gasteiger partial charge in [0.05, 0.1) is 29.1 Å². The Balaban J connectivity index is 2.32. The van der Waals surface area contributed by atoms with Crippen molar-refractivity contribution in [2.24, 2.45) is 0 Å². The van der Waals surface area contributed by atoms with Gasteiger partial charge in [-0.15, -0.1) is 0 Å². The quantitative estimate of drug-likeness (QED) is 0.499. The Morgan fingerprint density at radius 2 is 1.72 bits per heavy atom. The van der Waals surface area contributed by atoms with Gasteiger partial charge in [0.2, 0.25) is 0 Å². The summed E-state index contributed by atoms with van der Waals surface area (Å²) < 4.78 is 34.8. The van der Waals surface area contributed by atoms with Crippen LogP contribution in [0.2, 0.25) is 0 Å². The smallest absolute Gasteiger partial charge is 0.268 e. The van der Waals surface area contributed by atoms with Crippen LogP contribution in [-0.4, -0.2) is 36.6 Å². The van der Waals surface area contributed by atoms with Crippen LogP contribution >= 0.6 is 0 Å². The molecule has 0 atom stereocenters. The number of benzene rings is 1. The van der Waals surface area contributed by atoms with Crippen molar-refractivity contribution in [3.05, 3.63) is 59.9 Å². The van der Waals surface area contributed by atoms with Gasteiger partial charge in [0.25, 0.3) is 10.0 Å². The van der Waals surface area contributed by atoms with Gasteiger partial charge in [-0.25, -0.2) is 12.4 Å². The van der Waals surface area contributed by atoms with E-state index in [1.165, 1.54) is 25.3 Å². The molecule has 29 heavy (non-hydrogen) atoms. The summed E-state index contributed by atoms with van der Waals surface area (Å²) in [5, 5.41) is 0. The number of unbranched alkanes of at least 4 members (excludes halogenated alkanes) is 1. The van der Waals surface area contributed by atoms with Gasteiger partial charge in [-0.1, -0.05) is 31.5 Å². The van der Waals surface area contributed by atoms with Gasteiger partial charge in [0.15, 0.2) is 12.6 Å². The van der Waals surface area contributed by atoms with E-state index in [4.69, 9.17) is 4.74 Å². The summed E-state index contributed by atoms with van der Waals surface area (Å²) in [6.07, 6.45) is 2.91. The number of aromatic nitrogens is 2. The normalized spacial score (nSPS) is 11.4. The van der Waals surface area contributed by atoms with E-state index in [1.807, 2.05) is 6.92 Å². The molecule has 8 heteroatoms. The number of carbonyl (C=O) groups excluding carboxylic acids is 2. The zero-order valence-corrected chi connectivity index (χ0v) is 17.1. The number of nitrogens with zero attached hydrogens (tertiary/aromatic N) is 2. The minimum atomic E-state index is -4.08. The first-order chi connectivity index (χ1) is 14.0. The topological polar surface area (TPSA) is 87.4 Å². The van der Waals surface area contributed by atoms with E-state index in [0.29, 0.717) is 24.2 Å². The summed E-state index contributed by atoms with van der Waals surface area (Å²) in [6.45, 7) is 2.57. The first-order valence-electron chi connectivity index (χ1n) is 9.20. The van der Waals surface area contributed by atoms with E-state index in [1.54, 1.807) is 34.9 Å². The summed E-state index contributed by atoms with van der Waals surface area (Å²) in [6, 6.07) is 12.7. The van der Waals surface area contributed by atoms with Crippen LogP contribution in [0.25, 0.3) is 11.4 Å². The minimum absolute atomic E-state index is 0.0462. The zero-order valence-electron chi connectivity index (χ0n) is 16.2. The van der Waals surface area contributed by atoms with Crippen molar-refractivity contribution in [1.29, 1.82) is 0 Å². The van der Waals surface area contributed by atoms with Crippen molar-refractivity contribution >= 4 is 22.6 Å². The molecular weight excluding hydrogens is 392 g/mol. The summed E-state index contributed by atoms with van der Waals surface area (Å²) in [5.41, 5.74) is 1.11. The average Bonchev–Trinajstić information content (AvgIpc) is 3.33. The molecule has 0 aliphatic rings. The Morgan fingerprint density at radius 3 is 2.31 bits per heavy atom. The lowest BCUT2D eigenvalue weighted by Crippen LogP contribution is -2.18. The number of hydrogen-bond donors (Lipinski definition) is 0. The van der Waals surface area contributed by atoms with E-state index in [2.05, 4.69) is 0 Å². The van der Waals surface area contributed by atoms with Gasteiger partial charge >= 0.3 is 0 Å². The number of rotatable bonds is 9. The predicted molar refractivity (Wildman–Crippen MR) is 109 cm³/mol. The van der Waals surface area contributed by atoms with Gasteiger partial charge in [-0.2, -0.15) is 0 Å². The highest BCUT2D eigenvalue weighted by Gasteiger charge is 2.29.